The van der Waals surface area contributed by atoms with Gasteiger partial charge in [0.05, 0.1) is 20.8 Å². The highest BCUT2D eigenvalue weighted by molar-refractivity contribution is 5.45. The fraction of sp³-hybridized carbons (Fsp3) is 0.389. The largest absolute Gasteiger partial charge is 0.493 e. The third-order valence-corrected chi connectivity index (χ3v) is 3.09. The summed E-state index contributed by atoms with van der Waals surface area (Å²) in [5, 5.41) is 10.4. The third-order valence-electron chi connectivity index (χ3n) is 3.09. The van der Waals surface area contributed by atoms with Gasteiger partial charge in [-0.1, -0.05) is 19.9 Å². The summed E-state index contributed by atoms with van der Waals surface area (Å²) in [6.45, 7) is 6.46. The Morgan fingerprint density at radius 2 is 1.65 bits per heavy atom. The first-order chi connectivity index (χ1) is 11.2. The first kappa shape index (κ1) is 18.8. The summed E-state index contributed by atoms with van der Waals surface area (Å²) in [6, 6.07) is 8.84. The van der Waals surface area contributed by atoms with Gasteiger partial charge in [0.1, 0.15) is 6.10 Å². The second-order valence-corrected chi connectivity index (χ2v) is 4.38. The molecule has 0 fully saturated rings. The number of pyridine rings is 1. The van der Waals surface area contributed by atoms with Crippen molar-refractivity contribution in [1.82, 2.24) is 4.98 Å². The van der Waals surface area contributed by atoms with Gasteiger partial charge in [-0.15, -0.1) is 0 Å². The first-order valence-corrected chi connectivity index (χ1v) is 7.68. The number of hydrogen-bond acceptors (Lipinski definition) is 5. The van der Waals surface area contributed by atoms with Gasteiger partial charge in [-0.2, -0.15) is 0 Å². The highest BCUT2D eigenvalue weighted by Crippen LogP contribution is 2.32. The summed E-state index contributed by atoms with van der Waals surface area (Å²) in [5.41, 5.74) is 1.39. The maximum absolute atomic E-state index is 10.4. The zero-order valence-electron chi connectivity index (χ0n) is 14.4. The van der Waals surface area contributed by atoms with Gasteiger partial charge in [-0.05, 0) is 30.7 Å². The van der Waals surface area contributed by atoms with Gasteiger partial charge < -0.3 is 19.3 Å². The lowest BCUT2D eigenvalue weighted by Crippen LogP contribution is -2.02. The minimum absolute atomic E-state index is 0.542. The Labute approximate surface area is 137 Å². The highest BCUT2D eigenvalue weighted by Gasteiger charge is 2.14. The van der Waals surface area contributed by atoms with Crippen molar-refractivity contribution in [2.75, 3.05) is 20.8 Å². The number of nitrogens with zero attached hydrogens (tertiary/aromatic N) is 1. The summed E-state index contributed by atoms with van der Waals surface area (Å²) in [5.74, 6) is 1.74. The average Bonchev–Trinajstić information content (AvgIpc) is 2.63. The number of ether oxygens (including phenoxy) is 3. The van der Waals surface area contributed by atoms with Crippen molar-refractivity contribution in [3.63, 3.8) is 0 Å². The lowest BCUT2D eigenvalue weighted by Gasteiger charge is -2.14. The number of rotatable bonds is 6. The van der Waals surface area contributed by atoms with E-state index < -0.39 is 6.10 Å². The van der Waals surface area contributed by atoms with Crippen LogP contribution in [0.25, 0.3) is 0 Å². The van der Waals surface area contributed by atoms with Crippen LogP contribution in [0.1, 0.15) is 38.0 Å². The zero-order valence-corrected chi connectivity index (χ0v) is 14.4. The third kappa shape index (κ3) is 4.86. The topological polar surface area (TPSA) is 60.8 Å². The van der Waals surface area contributed by atoms with Gasteiger partial charge >= 0.3 is 0 Å². The van der Waals surface area contributed by atoms with E-state index in [0.717, 1.165) is 0 Å². The molecule has 0 spiro atoms. The fourth-order valence-electron chi connectivity index (χ4n) is 2.00. The molecule has 5 heteroatoms. The number of methoxy groups -OCH3 is 2. The van der Waals surface area contributed by atoms with Gasteiger partial charge in [0.2, 0.25) is 5.88 Å². The lowest BCUT2D eigenvalue weighted by molar-refractivity contribution is 0.218. The number of hydrogen-bond donors (Lipinski definition) is 1. The van der Waals surface area contributed by atoms with Crippen LogP contribution in [0, 0.1) is 0 Å². The molecule has 1 heterocycles. The van der Waals surface area contributed by atoms with E-state index in [-0.39, 0.29) is 0 Å². The fourth-order valence-corrected chi connectivity index (χ4v) is 2.00. The molecule has 126 valence electrons. The maximum Gasteiger partial charge on any atom is 0.213 e. The number of aliphatic hydroxyl groups is 1. The van der Waals surface area contributed by atoms with Crippen LogP contribution >= 0.6 is 0 Å². The van der Waals surface area contributed by atoms with Crippen molar-refractivity contribution >= 4 is 0 Å². The van der Waals surface area contributed by atoms with E-state index in [1.165, 1.54) is 0 Å². The Morgan fingerprint density at radius 3 is 2.17 bits per heavy atom. The van der Waals surface area contributed by atoms with Gasteiger partial charge in [0.25, 0.3) is 0 Å². The summed E-state index contributed by atoms with van der Waals surface area (Å²) >= 11 is 0. The standard InChI is InChI=1S/C16H19NO4.C2H6/c1-4-21-15-8-6-12(10-17-15)16(18)11-5-7-13(19-2)14(9-11)20-3;1-2/h5-10,16,18H,4H2,1-3H3;1-2H3. The summed E-state index contributed by atoms with van der Waals surface area (Å²) < 4.78 is 15.7. The van der Waals surface area contributed by atoms with E-state index in [1.807, 2.05) is 20.8 Å². The Bertz CT molecular complexity index is 584. The Kier molecular flexibility index (Phi) is 7.91. The molecule has 1 N–H and O–H groups in total. The Morgan fingerprint density at radius 1 is 1.00 bits per heavy atom. The maximum atomic E-state index is 10.4. The molecule has 0 amide bonds. The van der Waals surface area contributed by atoms with Crippen LogP contribution in [0.5, 0.6) is 17.4 Å². The quantitative estimate of drug-likeness (QED) is 0.881. The molecule has 1 atom stereocenters. The normalized spacial score (nSPS) is 11.0. The lowest BCUT2D eigenvalue weighted by atomic mass is 10.0. The molecule has 0 aliphatic heterocycles. The van der Waals surface area contributed by atoms with Gasteiger partial charge in [-0.3, -0.25) is 0 Å². The zero-order chi connectivity index (χ0) is 17.2. The van der Waals surface area contributed by atoms with Crippen LogP contribution in [-0.4, -0.2) is 30.9 Å². The summed E-state index contributed by atoms with van der Waals surface area (Å²) in [4.78, 5) is 4.15. The van der Waals surface area contributed by atoms with Crippen LogP contribution < -0.4 is 14.2 Å². The molecule has 2 aromatic rings. The molecule has 0 bridgehead atoms. The van der Waals surface area contributed by atoms with Crippen LogP contribution in [0.2, 0.25) is 0 Å². The average molecular weight is 319 g/mol. The monoisotopic (exact) mass is 319 g/mol. The molecule has 2 rings (SSSR count). The number of aliphatic hydroxyl groups excluding tert-OH is 1. The van der Waals surface area contributed by atoms with Crippen LogP contribution in [0.4, 0.5) is 0 Å². The SMILES string of the molecule is CC.CCOc1ccc(C(O)c2ccc(OC)c(OC)c2)cn1. The molecule has 0 saturated carbocycles. The minimum Gasteiger partial charge on any atom is -0.493 e. The summed E-state index contributed by atoms with van der Waals surface area (Å²) in [6.07, 6.45) is 0.819. The van der Waals surface area contributed by atoms with Crippen molar-refractivity contribution in [2.45, 2.75) is 26.9 Å². The van der Waals surface area contributed by atoms with Gasteiger partial charge in [0.15, 0.2) is 11.5 Å². The number of benzene rings is 1. The van der Waals surface area contributed by atoms with Crippen molar-refractivity contribution in [1.29, 1.82) is 0 Å². The van der Waals surface area contributed by atoms with Crippen LogP contribution in [-0.2, 0) is 0 Å². The van der Waals surface area contributed by atoms with Crippen molar-refractivity contribution < 1.29 is 19.3 Å². The number of aromatic nitrogens is 1. The molecule has 0 saturated heterocycles. The van der Waals surface area contributed by atoms with Crippen molar-refractivity contribution in [3.05, 3.63) is 47.7 Å². The summed E-state index contributed by atoms with van der Waals surface area (Å²) in [7, 11) is 3.14. The molecule has 1 aromatic carbocycles. The Hall–Kier alpha value is -2.27. The van der Waals surface area contributed by atoms with E-state index in [0.29, 0.717) is 35.1 Å². The molecular weight excluding hydrogens is 294 g/mol. The Balaban J connectivity index is 0.00000127. The van der Waals surface area contributed by atoms with E-state index in [4.69, 9.17) is 14.2 Å². The van der Waals surface area contributed by atoms with Crippen molar-refractivity contribution in [2.24, 2.45) is 0 Å². The molecule has 23 heavy (non-hydrogen) atoms. The van der Waals surface area contributed by atoms with Crippen LogP contribution in [0.3, 0.4) is 0 Å². The van der Waals surface area contributed by atoms with E-state index in [2.05, 4.69) is 4.98 Å². The predicted octanol–water partition coefficient (Wildman–Crippen LogP) is 3.61. The molecule has 1 aromatic heterocycles. The minimum atomic E-state index is -0.784. The molecule has 0 aliphatic rings. The predicted molar refractivity (Wildman–Crippen MR) is 90.4 cm³/mol. The van der Waals surface area contributed by atoms with E-state index >= 15 is 0 Å². The van der Waals surface area contributed by atoms with E-state index in [1.54, 1.807) is 50.7 Å². The van der Waals surface area contributed by atoms with Crippen molar-refractivity contribution in [3.8, 4) is 17.4 Å². The van der Waals surface area contributed by atoms with Crippen LogP contribution in [0.15, 0.2) is 36.5 Å². The van der Waals surface area contributed by atoms with E-state index in [9.17, 15) is 5.11 Å². The molecule has 5 nitrogen and oxygen atoms in total. The smallest absolute Gasteiger partial charge is 0.213 e. The van der Waals surface area contributed by atoms with Gasteiger partial charge in [-0.25, -0.2) is 4.98 Å². The molecule has 1 unspecified atom stereocenters. The second-order valence-electron chi connectivity index (χ2n) is 4.38. The molecule has 0 aliphatic carbocycles. The molecule has 0 radical (unpaired) electrons. The highest BCUT2D eigenvalue weighted by atomic mass is 16.5. The van der Waals surface area contributed by atoms with Gasteiger partial charge in [0, 0.05) is 17.8 Å². The first-order valence-electron chi connectivity index (χ1n) is 7.68. The second kappa shape index (κ2) is 9.69. The molecular formula is C18H25NO4.